The Morgan fingerprint density at radius 3 is 2.71 bits per heavy atom. The Bertz CT molecular complexity index is 389. The zero-order valence-electron chi connectivity index (χ0n) is 13.4. The number of carbonyl (C=O) groups excluding carboxylic acids is 1. The molecule has 0 aliphatic rings. The molecule has 0 unspecified atom stereocenters. The first-order valence-electron chi connectivity index (χ1n) is 6.73. The fraction of sp³-hybridized carbons (Fsp3) is 0.625. The largest absolute Gasteiger partial charge is 0.476 e. The van der Waals surface area contributed by atoms with Gasteiger partial charge in [-0.05, 0) is 6.42 Å². The molecule has 0 radical (unpaired) electrons. The van der Waals surface area contributed by atoms with Crippen molar-refractivity contribution in [3.05, 3.63) is 0 Å². The second kappa shape index (κ2) is 5.95. The van der Waals surface area contributed by atoms with Crippen molar-refractivity contribution in [3.8, 4) is 0 Å². The van der Waals surface area contributed by atoms with Gasteiger partial charge in [0.2, 0.25) is 5.78 Å². The van der Waals surface area contributed by atoms with Crippen molar-refractivity contribution in [3.63, 3.8) is 0 Å². The third kappa shape index (κ3) is 5.13. The van der Waals surface area contributed by atoms with Crippen LogP contribution in [-0.2, 0) is 9.59 Å². The maximum Gasteiger partial charge on any atom is 0.372 e. The van der Waals surface area contributed by atoms with Crippen LogP contribution in [0.2, 0.25) is 0 Å². The lowest BCUT2D eigenvalue weighted by Crippen LogP contribution is -2.30. The lowest BCUT2D eigenvalue weighted by Gasteiger charge is -2.09. The van der Waals surface area contributed by atoms with Gasteiger partial charge in [-0.2, -0.15) is 0 Å². The van der Waals surface area contributed by atoms with E-state index in [0.717, 1.165) is 0 Å². The minimum Gasteiger partial charge on any atom is -0.476 e. The van der Waals surface area contributed by atoms with Crippen LogP contribution in [0.3, 0.4) is 0 Å². The van der Waals surface area contributed by atoms with Gasteiger partial charge in [0.05, 0.1) is 0 Å². The molecule has 0 rings (SSSR count). The van der Waals surface area contributed by atoms with Crippen LogP contribution in [0, 0.1) is 0 Å². The lowest BCUT2D eigenvalue weighted by atomic mass is 10.2. The van der Waals surface area contributed by atoms with Gasteiger partial charge in [0.15, 0.2) is 5.96 Å². The number of hydrogen-bond donors (Lipinski definition) is 2. The van der Waals surface area contributed by atoms with E-state index in [1.54, 1.807) is 0 Å². The van der Waals surface area contributed by atoms with Gasteiger partial charge in [-0.1, -0.05) is 0 Å². The molecule has 3 N–H and O–H groups in total. The van der Waals surface area contributed by atoms with E-state index < -0.39 is 31.7 Å². The van der Waals surface area contributed by atoms with Gasteiger partial charge in [-0.15, -0.1) is 0 Å². The fourth-order valence-corrected chi connectivity index (χ4v) is 0.611. The van der Waals surface area contributed by atoms with Gasteiger partial charge in [0.1, 0.15) is 0 Å². The van der Waals surface area contributed by atoms with E-state index in [0.29, 0.717) is 0 Å². The summed E-state index contributed by atoms with van der Waals surface area (Å²) in [4.78, 5) is 24.6. The molecule has 0 aromatic carbocycles. The lowest BCUT2D eigenvalue weighted by molar-refractivity contribution is -0.149. The zero-order valence-corrected chi connectivity index (χ0v) is 7.36. The number of guanidine groups is 1. The van der Waals surface area contributed by atoms with Crippen LogP contribution < -0.4 is 5.73 Å². The highest BCUT2D eigenvalue weighted by molar-refractivity contribution is 6.32. The van der Waals surface area contributed by atoms with E-state index in [4.69, 9.17) is 19.1 Å². The molecule has 0 aromatic rings. The molecule has 0 spiro atoms. The number of nitrogens with zero attached hydrogens (tertiary/aromatic N) is 2. The van der Waals surface area contributed by atoms with Crippen LogP contribution in [0.25, 0.3) is 0 Å². The second-order valence-corrected chi connectivity index (χ2v) is 2.41. The maximum absolute atomic E-state index is 10.8. The van der Waals surface area contributed by atoms with Crippen molar-refractivity contribution < 1.29 is 22.9 Å². The van der Waals surface area contributed by atoms with Crippen LogP contribution in [0.4, 0.5) is 0 Å². The second-order valence-electron chi connectivity index (χ2n) is 2.41. The number of rotatable bonds is 5. The Labute approximate surface area is 90.8 Å². The number of ketones is 1. The molecular weight excluding hydrogens is 186 g/mol. The van der Waals surface area contributed by atoms with E-state index in [-0.39, 0.29) is 24.3 Å². The van der Waals surface area contributed by atoms with Crippen molar-refractivity contribution in [1.29, 1.82) is 0 Å². The Kier molecular flexibility index (Phi) is 2.27. The minimum absolute atomic E-state index is 0.0129. The SMILES string of the molecule is [2H]C([2H])([2H])N(C(N)=NCCCC(=O)C(=O)O)C([2H])([2H])[2H]. The van der Waals surface area contributed by atoms with Crippen molar-refractivity contribution >= 4 is 17.7 Å². The van der Waals surface area contributed by atoms with E-state index in [2.05, 4.69) is 4.99 Å². The van der Waals surface area contributed by atoms with Crippen molar-refractivity contribution in [2.24, 2.45) is 10.7 Å². The molecule has 0 aliphatic heterocycles. The highest BCUT2D eigenvalue weighted by Gasteiger charge is 2.09. The fourth-order valence-electron chi connectivity index (χ4n) is 0.611. The summed E-state index contributed by atoms with van der Waals surface area (Å²) in [5.74, 6) is -3.30. The van der Waals surface area contributed by atoms with Gasteiger partial charge < -0.3 is 15.7 Å². The number of hydrogen-bond acceptors (Lipinski definition) is 3. The molecule has 0 bridgehead atoms. The molecular formula is C8H15N3O3. The number of Topliss-reactive ketones (excluding diaryl/α,β-unsaturated/α-hetero) is 1. The summed E-state index contributed by atoms with van der Waals surface area (Å²) in [6.45, 7) is -6.14. The van der Waals surface area contributed by atoms with Crippen LogP contribution in [0.1, 0.15) is 21.1 Å². The predicted molar refractivity (Wildman–Crippen MR) is 52.1 cm³/mol. The first kappa shape index (κ1) is 5.33. The molecule has 0 aliphatic carbocycles. The Balaban J connectivity index is 4.69. The van der Waals surface area contributed by atoms with E-state index in [1.165, 1.54) is 0 Å². The molecule has 0 atom stereocenters. The van der Waals surface area contributed by atoms with Crippen molar-refractivity contribution in [2.75, 3.05) is 20.5 Å². The van der Waals surface area contributed by atoms with Gasteiger partial charge in [0, 0.05) is 35.1 Å². The summed E-state index contributed by atoms with van der Waals surface area (Å²) in [6.07, 6.45) is -0.282. The van der Waals surface area contributed by atoms with Crippen LogP contribution in [-0.4, -0.2) is 48.2 Å². The molecule has 0 heterocycles. The highest BCUT2D eigenvalue weighted by atomic mass is 16.4. The van der Waals surface area contributed by atoms with Crippen LogP contribution >= 0.6 is 0 Å². The number of aliphatic imine (C=N–C) groups is 1. The molecule has 6 heteroatoms. The number of nitrogens with two attached hydrogens (primary N) is 1. The minimum atomic E-state index is -2.99. The average Bonchev–Trinajstić information content (AvgIpc) is 2.19. The molecule has 80 valence electrons. The molecule has 0 saturated heterocycles. The first-order valence-corrected chi connectivity index (χ1v) is 3.73. The number of carboxylic acids is 1. The van der Waals surface area contributed by atoms with Crippen molar-refractivity contribution in [1.82, 2.24) is 4.90 Å². The number of carbonyl (C=O) groups is 2. The predicted octanol–water partition coefficient (Wildman–Crippen LogP) is -0.703. The van der Waals surface area contributed by atoms with Gasteiger partial charge in [0.25, 0.3) is 0 Å². The van der Waals surface area contributed by atoms with Crippen LogP contribution in [0.15, 0.2) is 4.99 Å². The zero-order chi connectivity index (χ0) is 16.1. The molecule has 14 heavy (non-hydrogen) atoms. The summed E-state index contributed by atoms with van der Waals surface area (Å²) in [6, 6.07) is 0. The molecule has 0 amide bonds. The first-order chi connectivity index (χ1) is 8.87. The quantitative estimate of drug-likeness (QED) is 0.269. The smallest absolute Gasteiger partial charge is 0.372 e. The summed E-state index contributed by atoms with van der Waals surface area (Å²) in [5, 5.41) is 8.33. The Morgan fingerprint density at radius 2 is 2.21 bits per heavy atom. The monoisotopic (exact) mass is 207 g/mol. The van der Waals surface area contributed by atoms with E-state index in [1.807, 2.05) is 0 Å². The van der Waals surface area contributed by atoms with Gasteiger partial charge >= 0.3 is 5.97 Å². The van der Waals surface area contributed by atoms with Gasteiger partial charge in [-0.25, -0.2) is 4.79 Å². The Morgan fingerprint density at radius 1 is 1.57 bits per heavy atom. The molecule has 6 nitrogen and oxygen atoms in total. The highest BCUT2D eigenvalue weighted by Crippen LogP contribution is 1.92. The summed E-state index contributed by atoms with van der Waals surface area (Å²) >= 11 is 0. The van der Waals surface area contributed by atoms with E-state index >= 15 is 0 Å². The summed E-state index contributed by atoms with van der Waals surface area (Å²) in [5.41, 5.74) is 5.32. The normalized spacial score (nSPS) is 19.3. The topological polar surface area (TPSA) is 96.0 Å². The Hall–Kier alpha value is -1.59. The number of carboxylic acid groups (broad SMARTS) is 1. The maximum atomic E-state index is 10.8. The van der Waals surface area contributed by atoms with E-state index in [9.17, 15) is 9.59 Å². The van der Waals surface area contributed by atoms with Crippen LogP contribution in [0.5, 0.6) is 0 Å². The molecule has 0 saturated carbocycles. The molecule has 0 fully saturated rings. The summed E-state index contributed by atoms with van der Waals surface area (Å²) < 4.78 is 42.5. The average molecular weight is 207 g/mol. The van der Waals surface area contributed by atoms with Gasteiger partial charge in [-0.3, -0.25) is 9.79 Å². The number of aliphatic carboxylic acids is 1. The third-order valence-corrected chi connectivity index (χ3v) is 1.30. The summed E-state index contributed by atoms with van der Waals surface area (Å²) in [7, 11) is 0. The third-order valence-electron chi connectivity index (χ3n) is 1.30. The molecule has 0 aromatic heterocycles. The van der Waals surface area contributed by atoms with Crippen molar-refractivity contribution in [2.45, 2.75) is 12.8 Å². The standard InChI is InChI=1S/C8H15N3O3/c1-11(2)8(9)10-5-3-4-6(12)7(13)14/h3-5H2,1-2H3,(H2,9,10)(H,13,14)/i1D3,2D3.